The van der Waals surface area contributed by atoms with Gasteiger partial charge in [-0.05, 0) is 55.5 Å². The van der Waals surface area contributed by atoms with Crippen LogP contribution in [0.4, 0.5) is 11.4 Å². The van der Waals surface area contributed by atoms with Crippen molar-refractivity contribution < 1.29 is 14.3 Å². The van der Waals surface area contributed by atoms with E-state index < -0.39 is 5.25 Å². The number of amides is 2. The van der Waals surface area contributed by atoms with Gasteiger partial charge in [0, 0.05) is 23.6 Å². The lowest BCUT2D eigenvalue weighted by molar-refractivity contribution is -0.128. The summed E-state index contributed by atoms with van der Waals surface area (Å²) in [4.78, 5) is 31.0. The average Bonchev–Trinajstić information content (AvgIpc) is 2.68. The van der Waals surface area contributed by atoms with Crippen LogP contribution >= 0.6 is 27.7 Å². The third kappa shape index (κ3) is 5.14. The number of nitrogens with zero attached hydrogens (tertiary/aromatic N) is 2. The van der Waals surface area contributed by atoms with Crippen LogP contribution in [-0.4, -0.2) is 40.8 Å². The molecule has 1 saturated heterocycles. The smallest absolute Gasteiger partial charge is 0.238 e. The standard InChI is InChI=1S/C20H20BrN3O3S/c1-3-27-16-10-8-15(9-11-16)23-20-24(2)18(25)12-17(28-20)19(26)22-14-6-4-13(21)5-7-14/h4-11,17H,3,12H2,1-2H3,(H,22,26). The van der Waals surface area contributed by atoms with E-state index in [2.05, 4.69) is 26.2 Å². The largest absolute Gasteiger partial charge is 0.494 e. The number of aliphatic imine (C=N–C) groups is 1. The summed E-state index contributed by atoms with van der Waals surface area (Å²) in [7, 11) is 1.67. The topological polar surface area (TPSA) is 71.0 Å². The first-order valence-corrected chi connectivity index (χ1v) is 10.4. The highest BCUT2D eigenvalue weighted by atomic mass is 79.9. The molecule has 1 aliphatic heterocycles. The maximum atomic E-state index is 12.6. The molecule has 1 N–H and O–H groups in total. The number of anilines is 1. The number of carbonyl (C=O) groups is 2. The van der Waals surface area contributed by atoms with E-state index in [0.29, 0.717) is 23.1 Å². The Morgan fingerprint density at radius 1 is 1.25 bits per heavy atom. The van der Waals surface area contributed by atoms with Crippen molar-refractivity contribution >= 4 is 56.0 Å². The molecule has 0 radical (unpaired) electrons. The number of hydrogen-bond donors (Lipinski definition) is 1. The third-order valence-electron chi connectivity index (χ3n) is 4.05. The zero-order valence-electron chi connectivity index (χ0n) is 15.5. The van der Waals surface area contributed by atoms with E-state index in [1.54, 1.807) is 19.2 Å². The minimum atomic E-state index is -0.534. The third-order valence-corrected chi connectivity index (χ3v) is 5.82. The fourth-order valence-electron chi connectivity index (χ4n) is 2.55. The lowest BCUT2D eigenvalue weighted by Gasteiger charge is -2.28. The van der Waals surface area contributed by atoms with Crippen molar-refractivity contribution in [1.82, 2.24) is 4.90 Å². The zero-order chi connectivity index (χ0) is 20.1. The molecule has 146 valence electrons. The summed E-state index contributed by atoms with van der Waals surface area (Å²) in [6, 6.07) is 14.6. The quantitative estimate of drug-likeness (QED) is 0.714. The average molecular weight is 462 g/mol. The van der Waals surface area contributed by atoms with Gasteiger partial charge in [-0.1, -0.05) is 27.7 Å². The van der Waals surface area contributed by atoms with Gasteiger partial charge in [0.25, 0.3) is 0 Å². The molecule has 1 unspecified atom stereocenters. The first-order valence-electron chi connectivity index (χ1n) is 8.77. The monoisotopic (exact) mass is 461 g/mol. The molecule has 0 bridgehead atoms. The van der Waals surface area contributed by atoms with Crippen LogP contribution in [0.15, 0.2) is 58.0 Å². The van der Waals surface area contributed by atoms with Gasteiger partial charge in [-0.25, -0.2) is 4.99 Å². The lowest BCUT2D eigenvalue weighted by Crippen LogP contribution is -2.43. The van der Waals surface area contributed by atoms with Crippen LogP contribution in [0.3, 0.4) is 0 Å². The molecule has 0 aliphatic carbocycles. The predicted molar refractivity (Wildman–Crippen MR) is 116 cm³/mol. The minimum Gasteiger partial charge on any atom is -0.494 e. The highest BCUT2D eigenvalue weighted by molar-refractivity contribution is 9.10. The summed E-state index contributed by atoms with van der Waals surface area (Å²) in [5.41, 5.74) is 1.38. The molecule has 3 rings (SSSR count). The maximum Gasteiger partial charge on any atom is 0.238 e. The fraction of sp³-hybridized carbons (Fsp3) is 0.250. The molecular weight excluding hydrogens is 442 g/mol. The van der Waals surface area contributed by atoms with Gasteiger partial charge < -0.3 is 10.1 Å². The van der Waals surface area contributed by atoms with Gasteiger partial charge in [-0.15, -0.1) is 0 Å². The molecule has 1 aliphatic rings. The number of rotatable bonds is 5. The second kappa shape index (κ2) is 9.25. The molecule has 28 heavy (non-hydrogen) atoms. The van der Waals surface area contributed by atoms with Crippen LogP contribution in [0.5, 0.6) is 5.75 Å². The summed E-state index contributed by atoms with van der Waals surface area (Å²) >= 11 is 4.65. The van der Waals surface area contributed by atoms with Gasteiger partial charge in [0.15, 0.2) is 5.17 Å². The molecule has 2 aromatic rings. The number of halogens is 1. The van der Waals surface area contributed by atoms with Crippen molar-refractivity contribution in [2.75, 3.05) is 19.0 Å². The summed E-state index contributed by atoms with van der Waals surface area (Å²) in [5, 5.41) is 2.82. The minimum absolute atomic E-state index is 0.131. The molecule has 8 heteroatoms. The number of ether oxygens (including phenoxy) is 1. The van der Waals surface area contributed by atoms with Crippen molar-refractivity contribution in [2.45, 2.75) is 18.6 Å². The Morgan fingerprint density at radius 2 is 1.93 bits per heavy atom. The number of hydrogen-bond acceptors (Lipinski definition) is 5. The Kier molecular flexibility index (Phi) is 6.74. The van der Waals surface area contributed by atoms with Gasteiger partial charge in [0.1, 0.15) is 11.0 Å². The van der Waals surface area contributed by atoms with E-state index in [1.165, 1.54) is 16.7 Å². The highest BCUT2D eigenvalue weighted by Gasteiger charge is 2.34. The van der Waals surface area contributed by atoms with Crippen LogP contribution in [0, 0.1) is 0 Å². The van der Waals surface area contributed by atoms with Gasteiger partial charge in [0.05, 0.1) is 12.3 Å². The summed E-state index contributed by atoms with van der Waals surface area (Å²) in [5.74, 6) is 0.409. The fourth-order valence-corrected chi connectivity index (χ4v) is 3.88. The van der Waals surface area contributed by atoms with Crippen molar-refractivity contribution in [3.05, 3.63) is 53.0 Å². The number of amidine groups is 1. The Bertz CT molecular complexity index is 885. The van der Waals surface area contributed by atoms with Gasteiger partial charge in [-0.2, -0.15) is 0 Å². The van der Waals surface area contributed by atoms with E-state index in [9.17, 15) is 9.59 Å². The molecule has 1 atom stereocenters. The van der Waals surface area contributed by atoms with Gasteiger partial charge in [0.2, 0.25) is 11.8 Å². The number of benzene rings is 2. The summed E-state index contributed by atoms with van der Waals surface area (Å²) in [6.45, 7) is 2.52. The molecule has 1 fully saturated rings. The predicted octanol–water partition coefficient (Wildman–Crippen LogP) is 4.44. The van der Waals surface area contributed by atoms with E-state index in [1.807, 2.05) is 43.3 Å². The SMILES string of the molecule is CCOc1ccc(N=C2SC(C(=O)Nc3ccc(Br)cc3)CC(=O)N2C)cc1. The normalized spacial score (nSPS) is 18.2. The first kappa shape index (κ1) is 20.4. The first-order chi connectivity index (χ1) is 13.5. The zero-order valence-corrected chi connectivity index (χ0v) is 17.9. The van der Waals surface area contributed by atoms with Crippen LogP contribution in [-0.2, 0) is 9.59 Å². The second-order valence-electron chi connectivity index (χ2n) is 6.08. The molecule has 0 aromatic heterocycles. The molecule has 6 nitrogen and oxygen atoms in total. The number of nitrogens with one attached hydrogen (secondary N) is 1. The van der Waals surface area contributed by atoms with Gasteiger partial charge >= 0.3 is 0 Å². The van der Waals surface area contributed by atoms with E-state index in [4.69, 9.17) is 4.74 Å². The lowest BCUT2D eigenvalue weighted by atomic mass is 10.2. The van der Waals surface area contributed by atoms with E-state index in [0.717, 1.165) is 10.2 Å². The van der Waals surface area contributed by atoms with Crippen molar-refractivity contribution in [3.63, 3.8) is 0 Å². The molecule has 2 amide bonds. The van der Waals surface area contributed by atoms with E-state index in [-0.39, 0.29) is 18.2 Å². The van der Waals surface area contributed by atoms with Crippen LogP contribution in [0.2, 0.25) is 0 Å². The summed E-state index contributed by atoms with van der Waals surface area (Å²) in [6.07, 6.45) is 0.131. The maximum absolute atomic E-state index is 12.6. The molecular formula is C20H20BrN3O3S. The Hall–Kier alpha value is -2.32. The molecule has 1 heterocycles. The number of thioether (sulfide) groups is 1. The Morgan fingerprint density at radius 3 is 2.57 bits per heavy atom. The van der Waals surface area contributed by atoms with E-state index >= 15 is 0 Å². The van der Waals surface area contributed by atoms with Crippen molar-refractivity contribution in [3.8, 4) is 5.75 Å². The van der Waals surface area contributed by atoms with Crippen molar-refractivity contribution in [2.24, 2.45) is 4.99 Å². The van der Waals surface area contributed by atoms with Crippen LogP contribution < -0.4 is 10.1 Å². The molecule has 0 saturated carbocycles. The van der Waals surface area contributed by atoms with Gasteiger partial charge in [-0.3, -0.25) is 14.5 Å². The highest BCUT2D eigenvalue weighted by Crippen LogP contribution is 2.29. The molecule has 0 spiro atoms. The molecule has 2 aromatic carbocycles. The van der Waals surface area contributed by atoms with Crippen LogP contribution in [0.25, 0.3) is 0 Å². The second-order valence-corrected chi connectivity index (χ2v) is 8.17. The Labute approximate surface area is 176 Å². The Balaban J connectivity index is 1.73. The van der Waals surface area contributed by atoms with Crippen LogP contribution in [0.1, 0.15) is 13.3 Å². The number of carbonyl (C=O) groups excluding carboxylic acids is 2. The van der Waals surface area contributed by atoms with Crippen molar-refractivity contribution in [1.29, 1.82) is 0 Å². The summed E-state index contributed by atoms with van der Waals surface area (Å²) < 4.78 is 6.36.